The Morgan fingerprint density at radius 3 is 1.32 bits per heavy atom. The SMILES string of the molecule is CC(C)c1ccc(-c2ccc(NS(=O)(=O)C(F)(F)F)cc2)c(-c2ccc(NS(=O)(=O)C(F)(F)F)cc2)c1C(C)C. The average molecular weight is 609 g/mol. The highest BCUT2D eigenvalue weighted by atomic mass is 32.2. The quantitative estimate of drug-likeness (QED) is 0.256. The van der Waals surface area contributed by atoms with Crippen LogP contribution >= 0.6 is 0 Å². The maximum Gasteiger partial charge on any atom is 0.516 e. The number of benzene rings is 3. The number of hydrogen-bond acceptors (Lipinski definition) is 4. The molecule has 14 heteroatoms. The van der Waals surface area contributed by atoms with Crippen molar-refractivity contribution < 1.29 is 43.2 Å². The largest absolute Gasteiger partial charge is 0.516 e. The molecule has 6 nitrogen and oxygen atoms in total. The molecule has 0 aromatic heterocycles. The highest BCUT2D eigenvalue weighted by Crippen LogP contribution is 2.43. The molecule has 0 fully saturated rings. The Kier molecular flexibility index (Phi) is 8.57. The minimum Gasteiger partial charge on any atom is -0.276 e. The van der Waals surface area contributed by atoms with Gasteiger partial charge >= 0.3 is 31.1 Å². The van der Waals surface area contributed by atoms with Crippen LogP contribution in [-0.2, 0) is 20.0 Å². The van der Waals surface area contributed by atoms with Crippen LogP contribution in [0.4, 0.5) is 37.7 Å². The minimum absolute atomic E-state index is 0.0337. The Morgan fingerprint density at radius 1 is 0.575 bits per heavy atom. The van der Waals surface area contributed by atoms with Crippen molar-refractivity contribution in [3.63, 3.8) is 0 Å². The van der Waals surface area contributed by atoms with Crippen LogP contribution in [0.3, 0.4) is 0 Å². The average Bonchev–Trinajstić information content (AvgIpc) is 2.82. The number of anilines is 2. The van der Waals surface area contributed by atoms with Crippen LogP contribution in [0.1, 0.15) is 50.7 Å². The van der Waals surface area contributed by atoms with Gasteiger partial charge in [0.2, 0.25) is 0 Å². The summed E-state index contributed by atoms with van der Waals surface area (Å²) in [6, 6.07) is 14.3. The number of nitrogens with one attached hydrogen (secondary N) is 2. The predicted molar refractivity (Wildman–Crippen MR) is 143 cm³/mol. The lowest BCUT2D eigenvalue weighted by Crippen LogP contribution is -2.29. The fourth-order valence-corrected chi connectivity index (χ4v) is 5.29. The second-order valence-electron chi connectivity index (χ2n) is 9.56. The van der Waals surface area contributed by atoms with Crippen molar-refractivity contribution in [3.8, 4) is 22.3 Å². The first kappa shape index (κ1) is 31.3. The maximum atomic E-state index is 12.8. The van der Waals surface area contributed by atoms with Gasteiger partial charge in [-0.15, -0.1) is 0 Å². The molecule has 40 heavy (non-hydrogen) atoms. The zero-order chi connectivity index (χ0) is 30.3. The van der Waals surface area contributed by atoms with Gasteiger partial charge in [-0.05, 0) is 69.5 Å². The fraction of sp³-hybridized carbons (Fsp3) is 0.308. The molecule has 0 unspecified atom stereocenters. The van der Waals surface area contributed by atoms with E-state index in [1.165, 1.54) is 58.0 Å². The van der Waals surface area contributed by atoms with E-state index < -0.39 is 31.1 Å². The zero-order valence-electron chi connectivity index (χ0n) is 21.6. The van der Waals surface area contributed by atoms with Crippen LogP contribution in [0.15, 0.2) is 60.7 Å². The zero-order valence-corrected chi connectivity index (χ0v) is 23.3. The summed E-state index contributed by atoms with van der Waals surface area (Å²) < 4.78 is 126. The van der Waals surface area contributed by atoms with Crippen LogP contribution in [-0.4, -0.2) is 27.9 Å². The molecule has 0 spiro atoms. The van der Waals surface area contributed by atoms with Crippen LogP contribution in [0.2, 0.25) is 0 Å². The van der Waals surface area contributed by atoms with Crippen molar-refractivity contribution in [1.82, 2.24) is 0 Å². The number of rotatable bonds is 8. The summed E-state index contributed by atoms with van der Waals surface area (Å²) >= 11 is 0. The summed E-state index contributed by atoms with van der Waals surface area (Å²) in [5, 5.41) is 0. The fourth-order valence-electron chi connectivity index (χ4n) is 4.16. The molecule has 2 N–H and O–H groups in total. The van der Waals surface area contributed by atoms with Gasteiger partial charge in [0.1, 0.15) is 0 Å². The van der Waals surface area contributed by atoms with E-state index in [4.69, 9.17) is 0 Å². The molecular weight excluding hydrogens is 582 g/mol. The van der Waals surface area contributed by atoms with Crippen molar-refractivity contribution in [2.45, 2.75) is 50.5 Å². The molecule has 0 aliphatic rings. The summed E-state index contributed by atoms with van der Waals surface area (Å²) in [5.74, 6) is 0.0517. The topological polar surface area (TPSA) is 92.3 Å². The second kappa shape index (κ2) is 11.0. The third kappa shape index (κ3) is 6.54. The smallest absolute Gasteiger partial charge is 0.276 e. The van der Waals surface area contributed by atoms with E-state index in [2.05, 4.69) is 0 Å². The molecule has 0 bridgehead atoms. The minimum atomic E-state index is -5.61. The van der Waals surface area contributed by atoms with E-state index in [0.29, 0.717) is 22.3 Å². The molecule has 3 aromatic carbocycles. The standard InChI is InChI=1S/C26H26F6N2O4S2/c1-15(2)21-13-14-22(17-5-9-19(10-6-17)33-39(35,36)25(27,28)29)24(23(21)16(3)4)18-7-11-20(12-8-18)34-40(37,38)26(30,31)32/h5-16,33-34H,1-4H3. The lowest BCUT2D eigenvalue weighted by atomic mass is 9.80. The number of alkyl halides is 6. The molecule has 0 saturated heterocycles. The number of sulfonamides is 2. The highest BCUT2D eigenvalue weighted by molar-refractivity contribution is 7.93. The van der Waals surface area contributed by atoms with Crippen molar-refractivity contribution in [2.75, 3.05) is 9.44 Å². The lowest BCUT2D eigenvalue weighted by molar-refractivity contribution is -0.0435. The molecular formula is C26H26F6N2O4S2. The van der Waals surface area contributed by atoms with Gasteiger partial charge in [0.15, 0.2) is 0 Å². The van der Waals surface area contributed by atoms with Gasteiger partial charge in [0, 0.05) is 11.4 Å². The summed E-state index contributed by atoms with van der Waals surface area (Å²) in [5.41, 5.74) is -7.27. The van der Waals surface area contributed by atoms with Gasteiger partial charge in [-0.2, -0.15) is 43.2 Å². The molecule has 0 amide bonds. The summed E-state index contributed by atoms with van der Waals surface area (Å²) in [6.07, 6.45) is 0. The first-order valence-corrected chi connectivity index (χ1v) is 14.8. The van der Waals surface area contributed by atoms with Crippen LogP contribution in [0.5, 0.6) is 0 Å². The van der Waals surface area contributed by atoms with E-state index in [0.717, 1.165) is 11.1 Å². The van der Waals surface area contributed by atoms with Crippen molar-refractivity contribution in [1.29, 1.82) is 0 Å². The monoisotopic (exact) mass is 608 g/mol. The third-order valence-electron chi connectivity index (χ3n) is 5.96. The van der Waals surface area contributed by atoms with Gasteiger partial charge < -0.3 is 0 Å². The number of hydrogen-bond donors (Lipinski definition) is 2. The lowest BCUT2D eigenvalue weighted by Gasteiger charge is -2.24. The Hall–Kier alpha value is -3.26. The van der Waals surface area contributed by atoms with E-state index in [1.54, 1.807) is 6.07 Å². The molecule has 0 radical (unpaired) electrons. The Balaban J connectivity index is 2.15. The Bertz CT molecular complexity index is 1580. The van der Waals surface area contributed by atoms with Crippen molar-refractivity contribution in [3.05, 3.63) is 71.8 Å². The van der Waals surface area contributed by atoms with E-state index in [-0.39, 0.29) is 23.2 Å². The van der Waals surface area contributed by atoms with Crippen LogP contribution in [0.25, 0.3) is 22.3 Å². The Labute approximate surface area is 228 Å². The molecule has 218 valence electrons. The van der Waals surface area contributed by atoms with E-state index >= 15 is 0 Å². The van der Waals surface area contributed by atoms with Crippen LogP contribution < -0.4 is 9.44 Å². The van der Waals surface area contributed by atoms with E-state index in [1.807, 2.05) is 33.8 Å². The third-order valence-corrected chi connectivity index (χ3v) is 8.19. The van der Waals surface area contributed by atoms with Crippen LogP contribution in [0, 0.1) is 0 Å². The van der Waals surface area contributed by atoms with Gasteiger partial charge in [0.25, 0.3) is 0 Å². The van der Waals surface area contributed by atoms with Crippen molar-refractivity contribution >= 4 is 31.4 Å². The molecule has 0 saturated carbocycles. The second-order valence-corrected chi connectivity index (χ2v) is 12.9. The number of halogens is 6. The van der Waals surface area contributed by atoms with Gasteiger partial charge in [-0.1, -0.05) is 64.1 Å². The molecule has 3 aromatic rings. The summed E-state index contributed by atoms with van der Waals surface area (Å²) in [6.45, 7) is 7.88. The first-order chi connectivity index (χ1) is 18.2. The normalized spacial score (nSPS) is 13.1. The van der Waals surface area contributed by atoms with Crippen molar-refractivity contribution in [2.24, 2.45) is 0 Å². The van der Waals surface area contributed by atoms with Gasteiger partial charge in [-0.3, -0.25) is 9.44 Å². The summed E-state index contributed by atoms with van der Waals surface area (Å²) in [7, 11) is -11.2. The highest BCUT2D eigenvalue weighted by Gasteiger charge is 2.46. The molecule has 0 aliphatic carbocycles. The van der Waals surface area contributed by atoms with E-state index in [9.17, 15) is 43.2 Å². The maximum absolute atomic E-state index is 12.8. The molecule has 3 rings (SSSR count). The van der Waals surface area contributed by atoms with Gasteiger partial charge in [0.05, 0.1) is 0 Å². The molecule has 0 aliphatic heterocycles. The molecule has 0 heterocycles. The summed E-state index contributed by atoms with van der Waals surface area (Å²) in [4.78, 5) is 0. The Morgan fingerprint density at radius 2 is 0.975 bits per heavy atom. The van der Waals surface area contributed by atoms with Gasteiger partial charge in [-0.25, -0.2) is 0 Å². The predicted octanol–water partition coefficient (Wildman–Crippen LogP) is 7.79. The first-order valence-electron chi connectivity index (χ1n) is 11.8. The molecule has 0 atom stereocenters.